The van der Waals surface area contributed by atoms with Gasteiger partial charge in [0.25, 0.3) is 0 Å². The van der Waals surface area contributed by atoms with Crippen molar-refractivity contribution in [1.82, 2.24) is 5.16 Å². The lowest BCUT2D eigenvalue weighted by atomic mass is 10.1. The molecule has 5 nitrogen and oxygen atoms in total. The Kier molecular flexibility index (Phi) is 3.85. The van der Waals surface area contributed by atoms with Crippen LogP contribution in [0.1, 0.15) is 23.0 Å². The number of nitrogens with zero attached hydrogens (tertiary/aromatic N) is 1. The minimum atomic E-state index is -0.424. The van der Waals surface area contributed by atoms with Gasteiger partial charge < -0.3 is 14.0 Å². The molecule has 19 heavy (non-hydrogen) atoms. The number of aryl methyl sites for hydroxylation is 1. The normalized spacial score (nSPS) is 10.3. The summed E-state index contributed by atoms with van der Waals surface area (Å²) < 4.78 is 15.3. The van der Waals surface area contributed by atoms with Crippen molar-refractivity contribution in [2.75, 3.05) is 13.7 Å². The molecule has 1 aromatic heterocycles. The molecule has 0 aliphatic heterocycles. The third kappa shape index (κ3) is 2.59. The lowest BCUT2D eigenvalue weighted by Crippen LogP contribution is -2.06. The predicted molar refractivity (Wildman–Crippen MR) is 69.2 cm³/mol. The van der Waals surface area contributed by atoms with Crippen LogP contribution < -0.4 is 4.74 Å². The van der Waals surface area contributed by atoms with Crippen LogP contribution in [0.4, 0.5) is 0 Å². The van der Waals surface area contributed by atoms with Crippen LogP contribution in [0.3, 0.4) is 0 Å². The van der Waals surface area contributed by atoms with Crippen LogP contribution in [-0.4, -0.2) is 24.8 Å². The van der Waals surface area contributed by atoms with Gasteiger partial charge >= 0.3 is 5.97 Å². The standard InChI is InChI=1S/C14H15NO4/c1-4-18-14(16)12-9(2)15-19-13(12)10-5-7-11(17-3)8-6-10/h5-8H,4H2,1-3H3. The van der Waals surface area contributed by atoms with Gasteiger partial charge in [0, 0.05) is 5.56 Å². The van der Waals surface area contributed by atoms with E-state index in [1.807, 2.05) is 12.1 Å². The maximum absolute atomic E-state index is 11.9. The molecule has 0 aliphatic rings. The molecule has 0 fully saturated rings. The molecular weight excluding hydrogens is 246 g/mol. The van der Waals surface area contributed by atoms with E-state index in [1.165, 1.54) is 0 Å². The van der Waals surface area contributed by atoms with E-state index in [2.05, 4.69) is 5.16 Å². The number of aromatic nitrogens is 1. The number of esters is 1. The highest BCUT2D eigenvalue weighted by Crippen LogP contribution is 2.28. The molecule has 0 spiro atoms. The maximum atomic E-state index is 11.9. The van der Waals surface area contributed by atoms with Gasteiger partial charge in [-0.1, -0.05) is 5.16 Å². The Bertz CT molecular complexity index is 572. The van der Waals surface area contributed by atoms with E-state index in [0.717, 1.165) is 11.3 Å². The summed E-state index contributed by atoms with van der Waals surface area (Å²) >= 11 is 0. The van der Waals surface area contributed by atoms with Crippen LogP contribution in [0.5, 0.6) is 5.75 Å². The lowest BCUT2D eigenvalue weighted by Gasteiger charge is -2.03. The minimum Gasteiger partial charge on any atom is -0.497 e. The third-order valence-electron chi connectivity index (χ3n) is 2.69. The molecule has 2 rings (SSSR count). The van der Waals surface area contributed by atoms with Crippen molar-refractivity contribution in [2.45, 2.75) is 13.8 Å². The van der Waals surface area contributed by atoms with Crippen LogP contribution >= 0.6 is 0 Å². The van der Waals surface area contributed by atoms with Gasteiger partial charge in [-0.2, -0.15) is 0 Å². The molecular formula is C14H15NO4. The van der Waals surface area contributed by atoms with E-state index >= 15 is 0 Å². The van der Waals surface area contributed by atoms with Crippen molar-refractivity contribution >= 4 is 5.97 Å². The van der Waals surface area contributed by atoms with E-state index in [0.29, 0.717) is 23.6 Å². The summed E-state index contributed by atoms with van der Waals surface area (Å²) in [6, 6.07) is 7.20. The zero-order valence-electron chi connectivity index (χ0n) is 11.1. The first kappa shape index (κ1) is 13.1. The summed E-state index contributed by atoms with van der Waals surface area (Å²) in [5, 5.41) is 3.83. The Balaban J connectivity index is 2.41. The van der Waals surface area contributed by atoms with Crippen LogP contribution in [0, 0.1) is 6.92 Å². The largest absolute Gasteiger partial charge is 0.497 e. The van der Waals surface area contributed by atoms with Crippen LogP contribution in [0.15, 0.2) is 28.8 Å². The maximum Gasteiger partial charge on any atom is 0.344 e. The van der Waals surface area contributed by atoms with Crippen molar-refractivity contribution < 1.29 is 18.8 Å². The second-order valence-electron chi connectivity index (χ2n) is 3.92. The molecule has 5 heteroatoms. The molecule has 2 aromatic rings. The molecule has 0 aliphatic carbocycles. The van der Waals surface area contributed by atoms with Crippen LogP contribution in [-0.2, 0) is 4.74 Å². The molecule has 100 valence electrons. The molecule has 1 heterocycles. The van der Waals surface area contributed by atoms with E-state index in [9.17, 15) is 4.79 Å². The fraction of sp³-hybridized carbons (Fsp3) is 0.286. The first-order valence-electron chi connectivity index (χ1n) is 5.95. The summed E-state index contributed by atoms with van der Waals surface area (Å²) in [7, 11) is 1.59. The number of benzene rings is 1. The molecule has 0 bridgehead atoms. The second kappa shape index (κ2) is 5.56. The SMILES string of the molecule is CCOC(=O)c1c(C)noc1-c1ccc(OC)cc1. The van der Waals surface area contributed by atoms with Gasteiger partial charge in [0.15, 0.2) is 5.76 Å². The summed E-state index contributed by atoms with van der Waals surface area (Å²) in [6.07, 6.45) is 0. The van der Waals surface area contributed by atoms with Gasteiger partial charge in [0.1, 0.15) is 11.3 Å². The first-order valence-corrected chi connectivity index (χ1v) is 5.95. The van der Waals surface area contributed by atoms with Gasteiger partial charge in [0.05, 0.1) is 19.4 Å². The van der Waals surface area contributed by atoms with E-state index < -0.39 is 5.97 Å². The Labute approximate surface area is 111 Å². The molecule has 0 atom stereocenters. The monoisotopic (exact) mass is 261 g/mol. The smallest absolute Gasteiger partial charge is 0.344 e. The van der Waals surface area contributed by atoms with Crippen molar-refractivity contribution in [3.63, 3.8) is 0 Å². The molecule has 0 saturated carbocycles. The van der Waals surface area contributed by atoms with Gasteiger partial charge in [0.2, 0.25) is 0 Å². The van der Waals surface area contributed by atoms with Gasteiger partial charge in [-0.15, -0.1) is 0 Å². The molecule has 0 amide bonds. The van der Waals surface area contributed by atoms with Crippen molar-refractivity contribution in [1.29, 1.82) is 0 Å². The van der Waals surface area contributed by atoms with E-state index in [4.69, 9.17) is 14.0 Å². The number of carbonyl (C=O) groups excluding carboxylic acids is 1. The summed E-state index contributed by atoms with van der Waals surface area (Å²) in [5.41, 5.74) is 1.64. The number of rotatable bonds is 4. The van der Waals surface area contributed by atoms with Gasteiger partial charge in [-0.3, -0.25) is 0 Å². The minimum absolute atomic E-state index is 0.311. The first-order chi connectivity index (χ1) is 9.17. The summed E-state index contributed by atoms with van der Waals surface area (Å²) in [6.45, 7) is 3.78. The predicted octanol–water partition coefficient (Wildman–Crippen LogP) is 2.84. The summed E-state index contributed by atoms with van der Waals surface area (Å²) in [4.78, 5) is 11.9. The van der Waals surface area contributed by atoms with Crippen molar-refractivity contribution in [3.05, 3.63) is 35.5 Å². The quantitative estimate of drug-likeness (QED) is 0.792. The fourth-order valence-electron chi connectivity index (χ4n) is 1.75. The lowest BCUT2D eigenvalue weighted by molar-refractivity contribution is 0.0526. The Morgan fingerprint density at radius 2 is 2.00 bits per heavy atom. The van der Waals surface area contributed by atoms with E-state index in [1.54, 1.807) is 33.1 Å². The number of carbonyl (C=O) groups is 1. The fourth-order valence-corrected chi connectivity index (χ4v) is 1.75. The zero-order valence-corrected chi connectivity index (χ0v) is 11.1. The van der Waals surface area contributed by atoms with Crippen molar-refractivity contribution in [3.8, 4) is 17.1 Å². The molecule has 0 unspecified atom stereocenters. The average Bonchev–Trinajstić information content (AvgIpc) is 2.81. The second-order valence-corrected chi connectivity index (χ2v) is 3.92. The van der Waals surface area contributed by atoms with E-state index in [-0.39, 0.29) is 0 Å². The number of hydrogen-bond acceptors (Lipinski definition) is 5. The molecule has 0 radical (unpaired) electrons. The van der Waals surface area contributed by atoms with Crippen LogP contribution in [0.25, 0.3) is 11.3 Å². The van der Waals surface area contributed by atoms with Gasteiger partial charge in [-0.05, 0) is 38.1 Å². The zero-order chi connectivity index (χ0) is 13.8. The molecule has 1 aromatic carbocycles. The van der Waals surface area contributed by atoms with Crippen molar-refractivity contribution in [2.24, 2.45) is 0 Å². The summed E-state index contributed by atoms with van der Waals surface area (Å²) in [5.74, 6) is 0.725. The average molecular weight is 261 g/mol. The number of hydrogen-bond donors (Lipinski definition) is 0. The molecule has 0 saturated heterocycles. The Morgan fingerprint density at radius 3 is 2.58 bits per heavy atom. The highest BCUT2D eigenvalue weighted by atomic mass is 16.5. The highest BCUT2D eigenvalue weighted by molar-refractivity contribution is 5.96. The number of ether oxygens (including phenoxy) is 2. The number of methoxy groups -OCH3 is 1. The Morgan fingerprint density at radius 1 is 1.32 bits per heavy atom. The topological polar surface area (TPSA) is 61.6 Å². The highest BCUT2D eigenvalue weighted by Gasteiger charge is 2.22. The third-order valence-corrected chi connectivity index (χ3v) is 2.69. The van der Waals surface area contributed by atoms with Crippen LogP contribution in [0.2, 0.25) is 0 Å². The molecule has 0 N–H and O–H groups in total. The Hall–Kier alpha value is -2.30. The van der Waals surface area contributed by atoms with Gasteiger partial charge in [-0.25, -0.2) is 4.79 Å².